The first kappa shape index (κ1) is 19.7. The lowest BCUT2D eigenvalue weighted by Crippen LogP contribution is -2.00. The van der Waals surface area contributed by atoms with Gasteiger partial charge in [0.25, 0.3) is 0 Å². The minimum atomic E-state index is -0.795. The zero-order chi connectivity index (χ0) is 19.1. The van der Waals surface area contributed by atoms with E-state index in [0.29, 0.717) is 30.0 Å². The van der Waals surface area contributed by atoms with Crippen LogP contribution in [-0.2, 0) is 0 Å². The van der Waals surface area contributed by atoms with Gasteiger partial charge in [-0.05, 0) is 19.1 Å². The molecule has 0 amide bonds. The van der Waals surface area contributed by atoms with E-state index in [1.807, 2.05) is 20.8 Å². The van der Waals surface area contributed by atoms with Crippen LogP contribution in [0.4, 0.5) is 8.78 Å². The molecule has 3 rings (SSSR count). The summed E-state index contributed by atoms with van der Waals surface area (Å²) in [4.78, 5) is 0. The third-order valence-electron chi connectivity index (χ3n) is 3.46. The van der Waals surface area contributed by atoms with Crippen molar-refractivity contribution in [1.82, 2.24) is 10.2 Å². The molecule has 0 radical (unpaired) electrons. The highest BCUT2D eigenvalue weighted by molar-refractivity contribution is 5.89. The average molecular weight is 364 g/mol. The molecule has 2 N–H and O–H groups in total. The van der Waals surface area contributed by atoms with Crippen molar-refractivity contribution in [2.24, 2.45) is 0 Å². The molecule has 1 heterocycles. The number of H-pyrrole nitrogens is 1. The number of rotatable bonds is 6. The van der Waals surface area contributed by atoms with Gasteiger partial charge in [-0.15, -0.1) is 0 Å². The summed E-state index contributed by atoms with van der Waals surface area (Å²) in [5.41, 5.74) is 1.43. The first-order chi connectivity index (χ1) is 12.6. The summed E-state index contributed by atoms with van der Waals surface area (Å²) < 4.78 is 37.9. The Balaban J connectivity index is 0.00000117. The van der Waals surface area contributed by atoms with Crippen molar-refractivity contribution < 1.29 is 23.4 Å². The van der Waals surface area contributed by atoms with Gasteiger partial charge in [0.05, 0.1) is 17.5 Å². The number of aromatic nitrogens is 2. The topological polar surface area (TPSA) is 67.4 Å². The van der Waals surface area contributed by atoms with E-state index in [9.17, 15) is 8.78 Å². The van der Waals surface area contributed by atoms with Crippen LogP contribution in [0.3, 0.4) is 0 Å². The van der Waals surface area contributed by atoms with Crippen LogP contribution in [0.5, 0.6) is 17.2 Å². The quantitative estimate of drug-likeness (QED) is 0.621. The van der Waals surface area contributed by atoms with Crippen LogP contribution in [0.1, 0.15) is 26.0 Å². The predicted octanol–water partition coefficient (Wildman–Crippen LogP) is 4.73. The summed E-state index contributed by atoms with van der Waals surface area (Å²) in [5, 5.41) is 16.7. The second kappa shape index (κ2) is 9.15. The maximum atomic E-state index is 13.8. The summed E-state index contributed by atoms with van der Waals surface area (Å²) in [7, 11) is 0. The van der Waals surface area contributed by atoms with Gasteiger partial charge in [0.2, 0.25) is 0 Å². The van der Waals surface area contributed by atoms with Crippen LogP contribution in [0.15, 0.2) is 30.3 Å². The smallest absolute Gasteiger partial charge is 0.168 e. The van der Waals surface area contributed by atoms with Crippen molar-refractivity contribution in [3.8, 4) is 17.2 Å². The summed E-state index contributed by atoms with van der Waals surface area (Å²) in [6.45, 7) is 6.20. The lowest BCUT2D eigenvalue weighted by Gasteiger charge is -2.11. The van der Waals surface area contributed by atoms with Gasteiger partial charge in [0.15, 0.2) is 11.6 Å². The third kappa shape index (κ3) is 4.49. The van der Waals surface area contributed by atoms with Gasteiger partial charge in [0.1, 0.15) is 17.3 Å². The van der Waals surface area contributed by atoms with E-state index < -0.39 is 11.6 Å². The Bertz CT molecular complexity index is 865. The average Bonchev–Trinajstić information content (AvgIpc) is 3.00. The summed E-state index contributed by atoms with van der Waals surface area (Å²) in [6.07, 6.45) is 0.482. The number of aromatic amines is 1. The van der Waals surface area contributed by atoms with Crippen LogP contribution in [0.2, 0.25) is 0 Å². The monoisotopic (exact) mass is 364 g/mol. The summed E-state index contributed by atoms with van der Waals surface area (Å²) in [6, 6.07) is 6.35. The predicted molar refractivity (Wildman–Crippen MR) is 95.8 cm³/mol. The van der Waals surface area contributed by atoms with Crippen molar-refractivity contribution in [1.29, 1.82) is 0 Å². The number of hydrogen-bond acceptors (Lipinski definition) is 4. The molecule has 2 aromatic carbocycles. The number of halogens is 2. The molecule has 3 aromatic rings. The molecule has 7 heteroatoms. The van der Waals surface area contributed by atoms with Crippen molar-refractivity contribution in [2.75, 3.05) is 13.2 Å². The van der Waals surface area contributed by atoms with Crippen molar-refractivity contribution in [2.45, 2.75) is 27.2 Å². The minimum Gasteiger partial charge on any atom is -0.493 e. The van der Waals surface area contributed by atoms with Crippen LogP contribution in [-0.4, -0.2) is 28.5 Å². The molecule has 0 fully saturated rings. The number of aliphatic hydroxyl groups excluding tert-OH is 1. The molecule has 0 saturated heterocycles. The van der Waals surface area contributed by atoms with Crippen LogP contribution >= 0.6 is 0 Å². The Morgan fingerprint density at radius 1 is 1.12 bits per heavy atom. The zero-order valence-electron chi connectivity index (χ0n) is 15.0. The Hall–Kier alpha value is -2.67. The van der Waals surface area contributed by atoms with E-state index in [1.165, 1.54) is 6.07 Å². The van der Waals surface area contributed by atoms with E-state index in [-0.39, 0.29) is 12.4 Å². The van der Waals surface area contributed by atoms with Gasteiger partial charge in [0, 0.05) is 36.9 Å². The highest BCUT2D eigenvalue weighted by Crippen LogP contribution is 2.35. The van der Waals surface area contributed by atoms with Crippen molar-refractivity contribution in [3.05, 3.63) is 47.7 Å². The highest BCUT2D eigenvalue weighted by Gasteiger charge is 2.14. The number of hydrogen-bond donors (Lipinski definition) is 2. The molecule has 0 bridgehead atoms. The fourth-order valence-corrected chi connectivity index (χ4v) is 2.35. The summed E-state index contributed by atoms with van der Waals surface area (Å²) in [5.74, 6) is -0.727. The SMILES string of the molecule is CC.Cc1[nH]nc2cc(Oc3ccc(F)cc3F)cc(OCCCO)c12. The van der Waals surface area contributed by atoms with Crippen LogP contribution in [0.25, 0.3) is 10.9 Å². The lowest BCUT2D eigenvalue weighted by atomic mass is 10.2. The number of ether oxygens (including phenoxy) is 2. The number of nitrogens with zero attached hydrogens (tertiary/aromatic N) is 1. The Labute approximate surface area is 150 Å². The molecular formula is C19H22F2N2O3. The third-order valence-corrected chi connectivity index (χ3v) is 3.46. The first-order valence-electron chi connectivity index (χ1n) is 8.44. The lowest BCUT2D eigenvalue weighted by molar-refractivity contribution is 0.234. The van der Waals surface area contributed by atoms with Crippen LogP contribution < -0.4 is 9.47 Å². The molecule has 0 saturated carbocycles. The standard InChI is InChI=1S/C17H16F2N2O3.C2H6/c1-10-17-14(21-20-10)8-12(9-16(17)23-6-2-5-22)24-15-4-3-11(18)7-13(15)19;1-2/h3-4,7-9,22H,2,5-6H2,1H3,(H,20,21);1-2H3. The Kier molecular flexibility index (Phi) is 6.91. The second-order valence-electron chi connectivity index (χ2n) is 5.27. The maximum Gasteiger partial charge on any atom is 0.168 e. The number of aliphatic hydroxyl groups is 1. The molecule has 0 aliphatic rings. The Morgan fingerprint density at radius 3 is 2.58 bits per heavy atom. The molecule has 1 aromatic heterocycles. The number of benzene rings is 2. The molecule has 0 atom stereocenters. The van der Waals surface area contributed by atoms with Gasteiger partial charge in [-0.2, -0.15) is 5.10 Å². The maximum absolute atomic E-state index is 13.8. The first-order valence-corrected chi connectivity index (χ1v) is 8.44. The van der Waals surface area contributed by atoms with Gasteiger partial charge in [-0.25, -0.2) is 8.78 Å². The minimum absolute atomic E-state index is 0.0183. The second-order valence-corrected chi connectivity index (χ2v) is 5.27. The molecule has 0 aliphatic heterocycles. The van der Waals surface area contributed by atoms with Crippen molar-refractivity contribution in [3.63, 3.8) is 0 Å². The van der Waals surface area contributed by atoms with Gasteiger partial charge in [-0.3, -0.25) is 5.10 Å². The fourth-order valence-electron chi connectivity index (χ4n) is 2.35. The van der Waals surface area contributed by atoms with E-state index >= 15 is 0 Å². The van der Waals surface area contributed by atoms with E-state index in [2.05, 4.69) is 10.2 Å². The van der Waals surface area contributed by atoms with Gasteiger partial charge in [-0.1, -0.05) is 13.8 Å². The largest absolute Gasteiger partial charge is 0.493 e. The van der Waals surface area contributed by atoms with Gasteiger partial charge < -0.3 is 14.6 Å². The zero-order valence-corrected chi connectivity index (χ0v) is 15.0. The number of fused-ring (bicyclic) bond motifs is 1. The highest BCUT2D eigenvalue weighted by atomic mass is 19.1. The Morgan fingerprint density at radius 2 is 1.88 bits per heavy atom. The fraction of sp³-hybridized carbons (Fsp3) is 0.316. The normalized spacial score (nSPS) is 10.4. The molecule has 0 spiro atoms. The molecule has 26 heavy (non-hydrogen) atoms. The number of aryl methyl sites for hydroxylation is 1. The molecule has 0 unspecified atom stereocenters. The summed E-state index contributed by atoms with van der Waals surface area (Å²) >= 11 is 0. The molecular weight excluding hydrogens is 342 g/mol. The van der Waals surface area contributed by atoms with E-state index in [0.717, 1.165) is 23.2 Å². The van der Waals surface area contributed by atoms with E-state index in [4.69, 9.17) is 14.6 Å². The van der Waals surface area contributed by atoms with Gasteiger partial charge >= 0.3 is 0 Å². The van der Waals surface area contributed by atoms with E-state index in [1.54, 1.807) is 12.1 Å². The molecule has 0 aliphatic carbocycles. The van der Waals surface area contributed by atoms with Crippen LogP contribution in [0, 0.1) is 18.6 Å². The number of nitrogens with one attached hydrogen (secondary N) is 1. The molecule has 140 valence electrons. The van der Waals surface area contributed by atoms with Crippen molar-refractivity contribution >= 4 is 10.9 Å². The molecule has 5 nitrogen and oxygen atoms in total.